The van der Waals surface area contributed by atoms with Gasteiger partial charge in [0.15, 0.2) is 0 Å². The molecule has 0 fully saturated rings. The van der Waals surface area contributed by atoms with E-state index in [0.29, 0.717) is 10.6 Å². The molecule has 14 heavy (non-hydrogen) atoms. The fourth-order valence-electron chi connectivity index (χ4n) is 1.01. The van der Waals surface area contributed by atoms with Crippen molar-refractivity contribution in [2.45, 2.75) is 0 Å². The number of nitrogens with zero attached hydrogens (tertiary/aromatic N) is 1. The average molecular weight is 275 g/mol. The van der Waals surface area contributed by atoms with Crippen LogP contribution >= 0.6 is 27.5 Å². The van der Waals surface area contributed by atoms with Crippen molar-refractivity contribution in [1.29, 1.82) is 0 Å². The second kappa shape index (κ2) is 3.59. The number of benzene rings is 1. The smallest absolute Gasteiger partial charge is 0.388 e. The van der Waals surface area contributed by atoms with E-state index in [0.717, 1.165) is 4.47 Å². The first-order chi connectivity index (χ1) is 6.66. The zero-order valence-corrected chi connectivity index (χ0v) is 9.09. The fraction of sp³-hybridized carbons (Fsp3) is 0. The van der Waals surface area contributed by atoms with Crippen LogP contribution in [0.15, 0.2) is 31.9 Å². The van der Waals surface area contributed by atoms with E-state index >= 15 is 0 Å². The largest absolute Gasteiger partial charge is 0.434 e. The summed E-state index contributed by atoms with van der Waals surface area (Å²) >= 11 is 9.05. The van der Waals surface area contributed by atoms with Crippen molar-refractivity contribution in [3.05, 3.63) is 38.2 Å². The second-order valence-electron chi connectivity index (χ2n) is 2.54. The minimum atomic E-state index is -0.582. The molecule has 0 aliphatic carbocycles. The third kappa shape index (κ3) is 1.73. The van der Waals surface area contributed by atoms with E-state index in [1.54, 1.807) is 18.2 Å². The van der Waals surface area contributed by atoms with Crippen molar-refractivity contribution in [3.8, 4) is 11.5 Å². The van der Waals surface area contributed by atoms with Gasteiger partial charge in [-0.3, -0.25) is 0 Å². The Morgan fingerprint density at radius 1 is 1.50 bits per heavy atom. The summed E-state index contributed by atoms with van der Waals surface area (Å²) in [4.78, 5) is 10.7. The molecule has 4 nitrogen and oxygen atoms in total. The van der Waals surface area contributed by atoms with E-state index < -0.39 is 5.76 Å². The van der Waals surface area contributed by atoms with Crippen LogP contribution in [0.2, 0.25) is 5.02 Å². The molecule has 0 aliphatic heterocycles. The van der Waals surface area contributed by atoms with Crippen LogP contribution < -0.4 is 5.76 Å². The van der Waals surface area contributed by atoms with Gasteiger partial charge in [-0.1, -0.05) is 11.6 Å². The molecule has 6 heteroatoms. The van der Waals surface area contributed by atoms with Gasteiger partial charge in [0, 0.05) is 9.50 Å². The van der Waals surface area contributed by atoms with E-state index in [-0.39, 0.29) is 5.89 Å². The topological polar surface area (TPSA) is 58.9 Å². The highest BCUT2D eigenvalue weighted by atomic mass is 79.9. The Kier molecular flexibility index (Phi) is 2.43. The van der Waals surface area contributed by atoms with Crippen molar-refractivity contribution in [3.63, 3.8) is 0 Å². The minimum absolute atomic E-state index is 0.235. The molecule has 0 amide bonds. The lowest BCUT2D eigenvalue weighted by atomic mass is 10.2. The van der Waals surface area contributed by atoms with Gasteiger partial charge in [0.1, 0.15) is 0 Å². The summed E-state index contributed by atoms with van der Waals surface area (Å²) in [6.07, 6.45) is 0. The normalized spacial score (nSPS) is 10.4. The summed E-state index contributed by atoms with van der Waals surface area (Å²) < 4.78 is 5.52. The van der Waals surface area contributed by atoms with Crippen LogP contribution in [0.5, 0.6) is 0 Å². The molecule has 1 heterocycles. The predicted molar refractivity (Wildman–Crippen MR) is 55.3 cm³/mol. The van der Waals surface area contributed by atoms with Crippen molar-refractivity contribution in [2.75, 3.05) is 0 Å². The SMILES string of the molecule is O=c1[nH]nc(-c2ccc(Cl)cc2Br)o1. The summed E-state index contributed by atoms with van der Waals surface area (Å²) in [7, 11) is 0. The Balaban J connectivity index is 2.57. The highest BCUT2D eigenvalue weighted by Gasteiger charge is 2.09. The van der Waals surface area contributed by atoms with Crippen LogP contribution in [-0.4, -0.2) is 10.2 Å². The van der Waals surface area contributed by atoms with Crippen LogP contribution in [-0.2, 0) is 0 Å². The molecular formula is C8H4BrClN2O2. The second-order valence-corrected chi connectivity index (χ2v) is 3.83. The Morgan fingerprint density at radius 3 is 2.86 bits per heavy atom. The summed E-state index contributed by atoms with van der Waals surface area (Å²) in [5.74, 6) is -0.347. The van der Waals surface area contributed by atoms with Crippen LogP contribution in [0, 0.1) is 0 Å². The molecule has 0 bridgehead atoms. The van der Waals surface area contributed by atoms with Crippen molar-refractivity contribution < 1.29 is 4.42 Å². The zero-order valence-electron chi connectivity index (χ0n) is 6.75. The molecule has 0 radical (unpaired) electrons. The molecule has 1 aromatic carbocycles. The van der Waals surface area contributed by atoms with Crippen LogP contribution in [0.3, 0.4) is 0 Å². The number of halogens is 2. The molecule has 0 spiro atoms. The molecule has 72 valence electrons. The fourth-order valence-corrected chi connectivity index (χ4v) is 1.86. The predicted octanol–water partition coefficient (Wildman–Crippen LogP) is 2.45. The molecule has 2 rings (SSSR count). The number of hydrogen-bond acceptors (Lipinski definition) is 3. The van der Waals surface area contributed by atoms with Gasteiger partial charge < -0.3 is 4.42 Å². The Hall–Kier alpha value is -1.07. The Labute approximate surface area is 92.0 Å². The van der Waals surface area contributed by atoms with Crippen LogP contribution in [0.25, 0.3) is 11.5 Å². The van der Waals surface area contributed by atoms with Crippen LogP contribution in [0.1, 0.15) is 0 Å². The lowest BCUT2D eigenvalue weighted by Crippen LogP contribution is -1.93. The number of rotatable bonds is 1. The first-order valence-electron chi connectivity index (χ1n) is 3.68. The Bertz CT molecular complexity index is 520. The van der Waals surface area contributed by atoms with Gasteiger partial charge in [0.2, 0.25) is 5.89 Å². The van der Waals surface area contributed by atoms with Gasteiger partial charge in [-0.25, -0.2) is 9.89 Å². The molecule has 0 saturated carbocycles. The Morgan fingerprint density at radius 2 is 2.29 bits per heavy atom. The lowest BCUT2D eigenvalue weighted by molar-refractivity contribution is 0.526. The first kappa shape index (κ1) is 9.48. The third-order valence-corrected chi connectivity index (χ3v) is 2.49. The van der Waals surface area contributed by atoms with Gasteiger partial charge in [-0.05, 0) is 34.1 Å². The van der Waals surface area contributed by atoms with Gasteiger partial charge >= 0.3 is 5.76 Å². The lowest BCUT2D eigenvalue weighted by Gasteiger charge is -1.98. The van der Waals surface area contributed by atoms with E-state index in [2.05, 4.69) is 26.1 Å². The van der Waals surface area contributed by atoms with E-state index in [1.807, 2.05) is 0 Å². The van der Waals surface area contributed by atoms with Gasteiger partial charge in [-0.2, -0.15) is 0 Å². The number of hydrogen-bond donors (Lipinski definition) is 1. The molecule has 2 aromatic rings. The molecule has 0 unspecified atom stereocenters. The average Bonchev–Trinajstić information content (AvgIpc) is 2.51. The van der Waals surface area contributed by atoms with Crippen molar-refractivity contribution in [2.24, 2.45) is 0 Å². The standard InChI is InChI=1S/C8H4BrClN2O2/c9-6-3-4(10)1-2-5(6)7-11-12-8(13)14-7/h1-3H,(H,12,13). The molecular weight excluding hydrogens is 271 g/mol. The molecule has 1 aromatic heterocycles. The van der Waals surface area contributed by atoms with Crippen molar-refractivity contribution in [1.82, 2.24) is 10.2 Å². The number of H-pyrrole nitrogens is 1. The first-order valence-corrected chi connectivity index (χ1v) is 4.85. The maximum Gasteiger partial charge on any atom is 0.434 e. The summed E-state index contributed by atoms with van der Waals surface area (Å²) in [6.45, 7) is 0. The highest BCUT2D eigenvalue weighted by Crippen LogP contribution is 2.28. The van der Waals surface area contributed by atoms with E-state index in [1.165, 1.54) is 0 Å². The van der Waals surface area contributed by atoms with Crippen molar-refractivity contribution >= 4 is 27.5 Å². The monoisotopic (exact) mass is 274 g/mol. The zero-order chi connectivity index (χ0) is 10.1. The maximum atomic E-state index is 10.7. The van der Waals surface area contributed by atoms with E-state index in [4.69, 9.17) is 16.0 Å². The van der Waals surface area contributed by atoms with Gasteiger partial charge in [-0.15, -0.1) is 5.10 Å². The number of aromatic amines is 1. The third-order valence-electron chi connectivity index (χ3n) is 1.60. The molecule has 0 aliphatic rings. The van der Waals surface area contributed by atoms with Gasteiger partial charge in [0.25, 0.3) is 0 Å². The van der Waals surface area contributed by atoms with Crippen LogP contribution in [0.4, 0.5) is 0 Å². The minimum Gasteiger partial charge on any atom is -0.388 e. The summed E-state index contributed by atoms with van der Waals surface area (Å²) in [5.41, 5.74) is 0.674. The highest BCUT2D eigenvalue weighted by molar-refractivity contribution is 9.10. The number of aromatic nitrogens is 2. The quantitative estimate of drug-likeness (QED) is 0.869. The molecule has 1 N–H and O–H groups in total. The number of nitrogens with one attached hydrogen (secondary N) is 1. The van der Waals surface area contributed by atoms with Gasteiger partial charge in [0.05, 0.1) is 5.56 Å². The molecule has 0 saturated heterocycles. The summed E-state index contributed by atoms with van der Waals surface area (Å²) in [6, 6.07) is 5.10. The maximum absolute atomic E-state index is 10.7. The van der Waals surface area contributed by atoms with E-state index in [9.17, 15) is 4.79 Å². The summed E-state index contributed by atoms with van der Waals surface area (Å²) in [5, 5.41) is 6.48. The molecule has 0 atom stereocenters.